The average molecular weight is 576 g/mol. The van der Waals surface area contributed by atoms with Crippen LogP contribution < -0.4 is 14.4 Å². The smallest absolute Gasteiger partial charge is 0.319 e. The highest BCUT2D eigenvalue weighted by Gasteiger charge is 2.26. The standard InChI is InChI=1S/C25H24Cl2FN7O4/c1-4-18(36)34-5-7-35(8-6-34)22-13-9-17(26)30-23(20(13)31-24(32-22)38-12-25(2,3)37)39-21-14-11-29-33-16(14)10-15(28)19(21)27/h4,9-11,37H,1,5-8,12H2,2-3H3,(H,29,33). The van der Waals surface area contributed by atoms with Crippen LogP contribution in [0.3, 0.4) is 0 Å². The molecule has 1 aliphatic rings. The summed E-state index contributed by atoms with van der Waals surface area (Å²) < 4.78 is 26.3. The topological polar surface area (TPSA) is 130 Å². The van der Waals surface area contributed by atoms with Gasteiger partial charge >= 0.3 is 6.01 Å². The summed E-state index contributed by atoms with van der Waals surface area (Å²) in [5.41, 5.74) is -0.569. The molecule has 1 aromatic carbocycles. The Bertz CT molecular complexity index is 1580. The second-order valence-electron chi connectivity index (χ2n) is 9.53. The first-order valence-electron chi connectivity index (χ1n) is 11.9. The van der Waals surface area contributed by atoms with E-state index in [0.29, 0.717) is 48.3 Å². The molecule has 0 spiro atoms. The van der Waals surface area contributed by atoms with Crippen LogP contribution >= 0.6 is 23.2 Å². The normalized spacial score (nSPS) is 14.2. The van der Waals surface area contributed by atoms with Crippen molar-refractivity contribution in [3.63, 3.8) is 0 Å². The number of amides is 1. The lowest BCUT2D eigenvalue weighted by atomic mass is 10.2. The Morgan fingerprint density at radius 3 is 2.64 bits per heavy atom. The zero-order valence-electron chi connectivity index (χ0n) is 21.0. The van der Waals surface area contributed by atoms with E-state index >= 15 is 0 Å². The molecule has 1 fully saturated rings. The van der Waals surface area contributed by atoms with E-state index in [-0.39, 0.29) is 45.8 Å². The molecule has 0 saturated carbocycles. The number of aromatic amines is 1. The summed E-state index contributed by atoms with van der Waals surface area (Å²) in [6.07, 6.45) is 2.73. The number of pyridine rings is 1. The van der Waals surface area contributed by atoms with E-state index in [1.54, 1.807) is 24.8 Å². The molecule has 0 unspecified atom stereocenters. The van der Waals surface area contributed by atoms with Gasteiger partial charge in [0.25, 0.3) is 0 Å². The number of hydrogen-bond acceptors (Lipinski definition) is 9. The third-order valence-corrected chi connectivity index (χ3v) is 6.54. The SMILES string of the molecule is C=CC(=O)N1CCN(c2nc(OCC(C)(C)O)nc3c(Oc4c(Cl)c(F)cc5[nH]ncc45)nc(Cl)cc23)CC1. The molecule has 14 heteroatoms. The maximum Gasteiger partial charge on any atom is 0.319 e. The van der Waals surface area contributed by atoms with Crippen molar-refractivity contribution >= 4 is 56.7 Å². The van der Waals surface area contributed by atoms with Crippen LogP contribution in [-0.2, 0) is 4.79 Å². The third-order valence-electron chi connectivity index (χ3n) is 5.99. The number of halogens is 3. The summed E-state index contributed by atoms with van der Waals surface area (Å²) >= 11 is 12.7. The molecule has 204 valence electrons. The van der Waals surface area contributed by atoms with Crippen LogP contribution in [-0.4, -0.2) is 79.4 Å². The highest BCUT2D eigenvalue weighted by Crippen LogP contribution is 2.41. The minimum Gasteiger partial charge on any atom is -0.460 e. The van der Waals surface area contributed by atoms with Crippen molar-refractivity contribution in [2.75, 3.05) is 37.7 Å². The van der Waals surface area contributed by atoms with Gasteiger partial charge in [0.15, 0.2) is 5.75 Å². The minimum atomic E-state index is -1.16. The van der Waals surface area contributed by atoms with E-state index in [9.17, 15) is 14.3 Å². The number of rotatable bonds is 7. The molecule has 5 rings (SSSR count). The van der Waals surface area contributed by atoms with Gasteiger partial charge in [-0.3, -0.25) is 9.89 Å². The average Bonchev–Trinajstić information content (AvgIpc) is 3.37. The molecule has 39 heavy (non-hydrogen) atoms. The number of anilines is 1. The first-order valence-corrected chi connectivity index (χ1v) is 12.7. The predicted molar refractivity (Wildman–Crippen MR) is 144 cm³/mol. The fraction of sp³-hybridized carbons (Fsp3) is 0.320. The van der Waals surface area contributed by atoms with Crippen molar-refractivity contribution in [2.24, 2.45) is 0 Å². The summed E-state index contributed by atoms with van der Waals surface area (Å²) in [5, 5.41) is 17.5. The molecule has 2 N–H and O–H groups in total. The van der Waals surface area contributed by atoms with Crippen molar-refractivity contribution < 1.29 is 23.8 Å². The molecule has 4 aromatic rings. The summed E-state index contributed by atoms with van der Waals surface area (Å²) in [6, 6.07) is 2.75. The van der Waals surface area contributed by atoms with E-state index < -0.39 is 11.4 Å². The van der Waals surface area contributed by atoms with Gasteiger partial charge in [0.05, 0.1) is 28.1 Å². The summed E-state index contributed by atoms with van der Waals surface area (Å²) in [4.78, 5) is 29.1. The second kappa shape index (κ2) is 10.4. The number of benzene rings is 1. The Labute approximate surface area is 232 Å². The van der Waals surface area contributed by atoms with Crippen molar-refractivity contribution in [1.82, 2.24) is 30.0 Å². The van der Waals surface area contributed by atoms with Gasteiger partial charge in [-0.15, -0.1) is 0 Å². The van der Waals surface area contributed by atoms with Gasteiger partial charge in [0.1, 0.15) is 33.9 Å². The molecule has 1 aliphatic heterocycles. The first kappa shape index (κ1) is 26.9. The van der Waals surface area contributed by atoms with Gasteiger partial charge in [-0.05, 0) is 26.0 Å². The van der Waals surface area contributed by atoms with E-state index in [0.717, 1.165) is 0 Å². The number of ether oxygens (including phenoxy) is 2. The van der Waals surface area contributed by atoms with Crippen LogP contribution in [0.2, 0.25) is 10.2 Å². The molecule has 1 saturated heterocycles. The van der Waals surface area contributed by atoms with Crippen molar-refractivity contribution in [3.05, 3.63) is 47.0 Å². The third kappa shape index (κ3) is 5.54. The van der Waals surface area contributed by atoms with Crippen molar-refractivity contribution in [2.45, 2.75) is 19.4 Å². The Hall–Kier alpha value is -3.74. The molecule has 0 radical (unpaired) electrons. The lowest BCUT2D eigenvalue weighted by molar-refractivity contribution is -0.126. The summed E-state index contributed by atoms with van der Waals surface area (Å²) in [5.74, 6) is -0.496. The number of hydrogen-bond donors (Lipinski definition) is 2. The molecule has 11 nitrogen and oxygen atoms in total. The van der Waals surface area contributed by atoms with Gasteiger partial charge in [-0.2, -0.15) is 20.1 Å². The molecular weight excluding hydrogens is 552 g/mol. The number of fused-ring (bicyclic) bond motifs is 2. The van der Waals surface area contributed by atoms with Crippen LogP contribution in [0.4, 0.5) is 10.2 Å². The maximum absolute atomic E-state index is 14.6. The number of carbonyl (C=O) groups is 1. The molecule has 0 aliphatic carbocycles. The fourth-order valence-electron chi connectivity index (χ4n) is 4.12. The number of carbonyl (C=O) groups excluding carboxylic acids is 1. The van der Waals surface area contributed by atoms with Gasteiger partial charge < -0.3 is 24.4 Å². The fourth-order valence-corrected chi connectivity index (χ4v) is 4.50. The van der Waals surface area contributed by atoms with Gasteiger partial charge in [0.2, 0.25) is 11.8 Å². The first-order chi connectivity index (χ1) is 18.5. The largest absolute Gasteiger partial charge is 0.460 e. The van der Waals surface area contributed by atoms with E-state index in [1.807, 2.05) is 4.90 Å². The second-order valence-corrected chi connectivity index (χ2v) is 10.3. The van der Waals surface area contributed by atoms with Crippen LogP contribution in [0.25, 0.3) is 21.8 Å². The quantitative estimate of drug-likeness (QED) is 0.247. The number of aliphatic hydroxyl groups is 1. The highest BCUT2D eigenvalue weighted by molar-refractivity contribution is 6.33. The lowest BCUT2D eigenvalue weighted by Gasteiger charge is -2.35. The zero-order chi connectivity index (χ0) is 27.9. The summed E-state index contributed by atoms with van der Waals surface area (Å²) in [7, 11) is 0. The Balaban J connectivity index is 1.62. The van der Waals surface area contributed by atoms with E-state index in [1.165, 1.54) is 18.3 Å². The Morgan fingerprint density at radius 2 is 1.95 bits per heavy atom. The van der Waals surface area contributed by atoms with Gasteiger partial charge in [-0.25, -0.2) is 4.39 Å². The van der Waals surface area contributed by atoms with Crippen LogP contribution in [0.1, 0.15) is 13.8 Å². The molecule has 0 atom stereocenters. The number of piperazine rings is 1. The number of aromatic nitrogens is 5. The van der Waals surface area contributed by atoms with Crippen LogP contribution in [0.15, 0.2) is 31.0 Å². The van der Waals surface area contributed by atoms with Crippen molar-refractivity contribution in [3.8, 4) is 17.6 Å². The molecule has 1 amide bonds. The van der Waals surface area contributed by atoms with E-state index in [4.69, 9.17) is 32.7 Å². The van der Waals surface area contributed by atoms with E-state index in [2.05, 4.69) is 31.7 Å². The lowest BCUT2D eigenvalue weighted by Crippen LogP contribution is -2.48. The monoisotopic (exact) mass is 575 g/mol. The van der Waals surface area contributed by atoms with Crippen molar-refractivity contribution in [1.29, 1.82) is 0 Å². The minimum absolute atomic E-state index is 0.0212. The molecule has 3 aromatic heterocycles. The molecule has 0 bridgehead atoms. The Kier molecular flexibility index (Phi) is 7.19. The van der Waals surface area contributed by atoms with Gasteiger partial charge in [-0.1, -0.05) is 29.8 Å². The van der Waals surface area contributed by atoms with Crippen LogP contribution in [0.5, 0.6) is 17.6 Å². The number of nitrogens with zero attached hydrogens (tertiary/aromatic N) is 6. The molecule has 4 heterocycles. The summed E-state index contributed by atoms with van der Waals surface area (Å²) in [6.45, 7) is 8.42. The Morgan fingerprint density at radius 1 is 1.21 bits per heavy atom. The number of H-pyrrole nitrogens is 1. The molecular formula is C25H24Cl2FN7O4. The maximum atomic E-state index is 14.6. The number of nitrogens with one attached hydrogen (secondary N) is 1. The predicted octanol–water partition coefficient (Wildman–Crippen LogP) is 4.12. The van der Waals surface area contributed by atoms with Gasteiger partial charge in [0, 0.05) is 32.2 Å². The zero-order valence-corrected chi connectivity index (χ0v) is 22.6. The van der Waals surface area contributed by atoms with Crippen LogP contribution in [0, 0.1) is 5.82 Å². The highest BCUT2D eigenvalue weighted by atomic mass is 35.5.